The Bertz CT molecular complexity index is 453. The van der Waals surface area contributed by atoms with Crippen LogP contribution in [0.15, 0.2) is 47.9 Å². The summed E-state index contributed by atoms with van der Waals surface area (Å²) in [6.45, 7) is 0. The molecular weight excluding hydrogens is 230 g/mol. The van der Waals surface area contributed by atoms with Gasteiger partial charge in [0.05, 0.1) is 0 Å². The van der Waals surface area contributed by atoms with Crippen molar-refractivity contribution in [3.05, 3.63) is 48.3 Å². The van der Waals surface area contributed by atoms with Crippen molar-refractivity contribution in [3.63, 3.8) is 0 Å². The lowest BCUT2D eigenvalue weighted by atomic mass is 10.1. The van der Waals surface area contributed by atoms with E-state index in [0.717, 1.165) is 17.3 Å². The van der Waals surface area contributed by atoms with Crippen molar-refractivity contribution in [1.29, 1.82) is 0 Å². The lowest BCUT2D eigenvalue weighted by molar-refractivity contribution is 0.702. The molecule has 0 bridgehead atoms. The van der Waals surface area contributed by atoms with E-state index < -0.39 is 0 Å². The molecule has 2 aromatic rings. The first-order valence-electron chi connectivity index (χ1n) is 5.68. The summed E-state index contributed by atoms with van der Waals surface area (Å²) in [7, 11) is 2.01. The Morgan fingerprint density at radius 1 is 1.35 bits per heavy atom. The first-order chi connectivity index (χ1) is 8.27. The monoisotopic (exact) mass is 247 g/mol. The molecule has 1 heterocycles. The lowest BCUT2D eigenvalue weighted by Gasteiger charge is -2.11. The summed E-state index contributed by atoms with van der Waals surface area (Å²) in [6, 6.07) is 10.3. The van der Waals surface area contributed by atoms with Crippen LogP contribution >= 0.6 is 11.8 Å². The molecule has 90 valence electrons. The fraction of sp³-hybridized carbons (Fsp3) is 0.308. The number of thioether (sulfide) groups is 1. The lowest BCUT2D eigenvalue weighted by Crippen LogP contribution is -2.11. The van der Waals surface area contributed by atoms with Gasteiger partial charge in [-0.2, -0.15) is 0 Å². The Morgan fingerprint density at radius 2 is 2.12 bits per heavy atom. The zero-order chi connectivity index (χ0) is 12.1. The molecule has 0 aliphatic carbocycles. The third-order valence-electron chi connectivity index (χ3n) is 2.66. The second-order valence-electron chi connectivity index (χ2n) is 3.98. The fourth-order valence-electron chi connectivity index (χ4n) is 1.64. The molecule has 0 unspecified atom stereocenters. The minimum Gasteiger partial charge on any atom is -0.329 e. The highest BCUT2D eigenvalue weighted by molar-refractivity contribution is 7.99. The number of benzene rings is 1. The van der Waals surface area contributed by atoms with Crippen LogP contribution in [-0.2, 0) is 7.05 Å². The summed E-state index contributed by atoms with van der Waals surface area (Å²) >= 11 is 1.75. The van der Waals surface area contributed by atoms with Crippen molar-refractivity contribution in [2.24, 2.45) is 12.8 Å². The van der Waals surface area contributed by atoms with Crippen molar-refractivity contribution < 1.29 is 0 Å². The molecule has 0 spiro atoms. The molecule has 1 aromatic carbocycles. The molecular formula is C13H17N3S. The van der Waals surface area contributed by atoms with E-state index in [4.69, 9.17) is 5.73 Å². The zero-order valence-corrected chi connectivity index (χ0v) is 10.7. The minimum atomic E-state index is 0.115. The van der Waals surface area contributed by atoms with E-state index in [-0.39, 0.29) is 6.04 Å². The van der Waals surface area contributed by atoms with Crippen LogP contribution in [0.2, 0.25) is 0 Å². The van der Waals surface area contributed by atoms with E-state index in [2.05, 4.69) is 17.1 Å². The van der Waals surface area contributed by atoms with Crippen molar-refractivity contribution in [1.82, 2.24) is 9.55 Å². The molecule has 0 fully saturated rings. The number of hydrogen-bond donors (Lipinski definition) is 1. The third kappa shape index (κ3) is 3.35. The highest BCUT2D eigenvalue weighted by Gasteiger charge is 2.06. The molecule has 3 nitrogen and oxygen atoms in total. The van der Waals surface area contributed by atoms with Gasteiger partial charge in [0.25, 0.3) is 0 Å². The van der Waals surface area contributed by atoms with Gasteiger partial charge >= 0.3 is 0 Å². The van der Waals surface area contributed by atoms with Gasteiger partial charge in [-0.15, -0.1) is 0 Å². The number of aromatic nitrogens is 2. The van der Waals surface area contributed by atoms with E-state index in [1.807, 2.05) is 42.2 Å². The molecule has 0 saturated heterocycles. The summed E-state index contributed by atoms with van der Waals surface area (Å²) < 4.78 is 2.03. The Morgan fingerprint density at radius 3 is 2.76 bits per heavy atom. The summed E-state index contributed by atoms with van der Waals surface area (Å²) in [4.78, 5) is 4.27. The molecule has 2 rings (SSSR count). The second kappa shape index (κ2) is 5.89. The normalized spacial score (nSPS) is 12.6. The average Bonchev–Trinajstić information content (AvgIpc) is 2.76. The van der Waals surface area contributed by atoms with Gasteiger partial charge < -0.3 is 10.3 Å². The molecule has 0 amide bonds. The molecule has 0 aliphatic heterocycles. The molecule has 0 aliphatic rings. The number of aryl methyl sites for hydroxylation is 1. The summed E-state index contributed by atoms with van der Waals surface area (Å²) in [5.41, 5.74) is 7.33. The number of nitrogens with zero attached hydrogens (tertiary/aromatic N) is 2. The largest absolute Gasteiger partial charge is 0.329 e. The average molecular weight is 247 g/mol. The van der Waals surface area contributed by atoms with Crippen LogP contribution in [0.25, 0.3) is 0 Å². The van der Waals surface area contributed by atoms with Crippen molar-refractivity contribution in [2.45, 2.75) is 17.6 Å². The standard InChI is InChI=1S/C13H17N3S/c1-16-9-8-15-13(16)17-10-7-12(14)11-5-3-2-4-6-11/h2-6,8-9,12H,7,10,14H2,1H3/t12-/m1/s1. The summed E-state index contributed by atoms with van der Waals surface area (Å²) in [5, 5.41) is 1.05. The number of rotatable bonds is 5. The fourth-order valence-corrected chi connectivity index (χ4v) is 2.59. The van der Waals surface area contributed by atoms with Gasteiger partial charge in [-0.25, -0.2) is 4.98 Å². The van der Waals surface area contributed by atoms with Gasteiger partial charge in [0.15, 0.2) is 5.16 Å². The van der Waals surface area contributed by atoms with Gasteiger partial charge in [0.1, 0.15) is 0 Å². The Labute approximate surface area is 106 Å². The van der Waals surface area contributed by atoms with Gasteiger partial charge in [-0.05, 0) is 12.0 Å². The topological polar surface area (TPSA) is 43.8 Å². The SMILES string of the molecule is Cn1ccnc1SCC[C@@H](N)c1ccccc1. The summed E-state index contributed by atoms with van der Waals surface area (Å²) in [5.74, 6) is 0.987. The maximum Gasteiger partial charge on any atom is 0.167 e. The molecule has 17 heavy (non-hydrogen) atoms. The molecule has 2 N–H and O–H groups in total. The van der Waals surface area contributed by atoms with Gasteiger partial charge in [-0.1, -0.05) is 42.1 Å². The molecule has 4 heteroatoms. The maximum absolute atomic E-state index is 6.13. The van der Waals surface area contributed by atoms with E-state index in [0.29, 0.717) is 0 Å². The molecule has 1 aromatic heterocycles. The predicted octanol–water partition coefficient (Wildman–Crippen LogP) is 2.60. The maximum atomic E-state index is 6.13. The Hall–Kier alpha value is -1.26. The van der Waals surface area contributed by atoms with Crippen LogP contribution in [-0.4, -0.2) is 15.3 Å². The number of hydrogen-bond acceptors (Lipinski definition) is 3. The molecule has 1 atom stereocenters. The van der Waals surface area contributed by atoms with Gasteiger partial charge in [0.2, 0.25) is 0 Å². The second-order valence-corrected chi connectivity index (χ2v) is 5.04. The van der Waals surface area contributed by atoms with Crippen LogP contribution in [0.4, 0.5) is 0 Å². The van der Waals surface area contributed by atoms with E-state index >= 15 is 0 Å². The smallest absolute Gasteiger partial charge is 0.167 e. The first-order valence-corrected chi connectivity index (χ1v) is 6.66. The predicted molar refractivity (Wildman–Crippen MR) is 71.9 cm³/mol. The van der Waals surface area contributed by atoms with Crippen molar-refractivity contribution in [2.75, 3.05) is 5.75 Å². The van der Waals surface area contributed by atoms with Crippen LogP contribution < -0.4 is 5.73 Å². The zero-order valence-electron chi connectivity index (χ0n) is 9.91. The van der Waals surface area contributed by atoms with Gasteiger partial charge in [0, 0.05) is 31.2 Å². The minimum absolute atomic E-state index is 0.115. The van der Waals surface area contributed by atoms with Crippen LogP contribution in [0, 0.1) is 0 Å². The third-order valence-corrected chi connectivity index (χ3v) is 3.76. The molecule has 0 saturated carbocycles. The highest BCUT2D eigenvalue weighted by atomic mass is 32.2. The van der Waals surface area contributed by atoms with Crippen molar-refractivity contribution in [3.8, 4) is 0 Å². The highest BCUT2D eigenvalue weighted by Crippen LogP contribution is 2.20. The van der Waals surface area contributed by atoms with Crippen LogP contribution in [0.3, 0.4) is 0 Å². The summed E-state index contributed by atoms with van der Waals surface area (Å²) in [6.07, 6.45) is 4.74. The van der Waals surface area contributed by atoms with E-state index in [1.54, 1.807) is 11.8 Å². The number of imidazole rings is 1. The quantitative estimate of drug-likeness (QED) is 0.826. The van der Waals surface area contributed by atoms with Gasteiger partial charge in [-0.3, -0.25) is 0 Å². The number of nitrogens with two attached hydrogens (primary N) is 1. The van der Waals surface area contributed by atoms with Crippen LogP contribution in [0.1, 0.15) is 18.0 Å². The Balaban J connectivity index is 1.81. The van der Waals surface area contributed by atoms with E-state index in [9.17, 15) is 0 Å². The van der Waals surface area contributed by atoms with Crippen molar-refractivity contribution >= 4 is 11.8 Å². The van der Waals surface area contributed by atoms with E-state index in [1.165, 1.54) is 5.56 Å². The Kier molecular flexibility index (Phi) is 4.23. The first kappa shape index (κ1) is 12.2. The van der Waals surface area contributed by atoms with Crippen LogP contribution in [0.5, 0.6) is 0 Å². The molecule has 0 radical (unpaired) electrons.